The van der Waals surface area contributed by atoms with Gasteiger partial charge in [-0.1, -0.05) is 55.0 Å². The van der Waals surface area contributed by atoms with Crippen LogP contribution < -0.4 is 10.6 Å². The Morgan fingerprint density at radius 1 is 0.657 bits per heavy atom. The summed E-state index contributed by atoms with van der Waals surface area (Å²) in [6.07, 6.45) is 11.6. The molecule has 4 aromatic rings. The maximum Gasteiger partial charge on any atom is 0.124 e. The molecular formula is C29H32N6. The number of fused-ring (bicyclic) bond motifs is 2. The number of piperidine rings is 2. The van der Waals surface area contributed by atoms with E-state index in [2.05, 4.69) is 74.1 Å². The summed E-state index contributed by atoms with van der Waals surface area (Å²) in [7, 11) is 0. The van der Waals surface area contributed by atoms with Gasteiger partial charge in [0.25, 0.3) is 0 Å². The SMILES string of the molecule is c1cc(-c2cnc(C3CCCCN3)[nH]2)ccc1-c1ccc(-c2cnc([C@H]3N[C@@H]4CC[C@H]3C4)[nH]2)cc1. The van der Waals surface area contributed by atoms with Gasteiger partial charge in [-0.25, -0.2) is 9.97 Å². The van der Waals surface area contributed by atoms with Gasteiger partial charge in [0.15, 0.2) is 0 Å². The summed E-state index contributed by atoms with van der Waals surface area (Å²) in [6, 6.07) is 19.0. The Kier molecular flexibility index (Phi) is 5.29. The second-order valence-corrected chi connectivity index (χ2v) is 10.4. The van der Waals surface area contributed by atoms with Crippen LogP contribution in [0.3, 0.4) is 0 Å². The third-order valence-electron chi connectivity index (χ3n) is 8.21. The lowest BCUT2D eigenvalue weighted by molar-refractivity contribution is 0.379. The number of aromatic amines is 2. The zero-order valence-electron chi connectivity index (χ0n) is 19.9. The molecule has 6 nitrogen and oxygen atoms in total. The zero-order valence-corrected chi connectivity index (χ0v) is 19.9. The lowest BCUT2D eigenvalue weighted by atomic mass is 9.99. The van der Waals surface area contributed by atoms with E-state index in [4.69, 9.17) is 4.98 Å². The van der Waals surface area contributed by atoms with Crippen LogP contribution in [0.1, 0.15) is 62.3 Å². The highest BCUT2D eigenvalue weighted by molar-refractivity contribution is 5.71. The Morgan fingerprint density at radius 3 is 1.86 bits per heavy atom. The fraction of sp³-hybridized carbons (Fsp3) is 0.379. The van der Waals surface area contributed by atoms with Crippen molar-refractivity contribution in [3.8, 4) is 33.6 Å². The molecule has 2 saturated heterocycles. The summed E-state index contributed by atoms with van der Waals surface area (Å²) in [5, 5.41) is 7.30. The lowest BCUT2D eigenvalue weighted by Crippen LogP contribution is -2.29. The highest BCUT2D eigenvalue weighted by atomic mass is 15.1. The first-order chi connectivity index (χ1) is 17.3. The Hall–Kier alpha value is -3.22. The van der Waals surface area contributed by atoms with Crippen LogP contribution in [0.2, 0.25) is 0 Å². The number of hydrogen-bond donors (Lipinski definition) is 4. The number of H-pyrrole nitrogens is 2. The van der Waals surface area contributed by atoms with E-state index in [9.17, 15) is 0 Å². The average Bonchev–Trinajstić information content (AvgIpc) is 3.74. The fourth-order valence-corrected chi connectivity index (χ4v) is 6.23. The van der Waals surface area contributed by atoms with Crippen molar-refractivity contribution >= 4 is 0 Å². The molecule has 0 radical (unpaired) electrons. The minimum Gasteiger partial charge on any atom is -0.341 e. The first kappa shape index (κ1) is 21.1. The molecule has 35 heavy (non-hydrogen) atoms. The van der Waals surface area contributed by atoms with Gasteiger partial charge in [0.2, 0.25) is 0 Å². The quantitative estimate of drug-likeness (QED) is 0.303. The third kappa shape index (κ3) is 4.01. The second kappa shape index (κ2) is 8.77. The van der Waals surface area contributed by atoms with E-state index in [-0.39, 0.29) is 0 Å². The standard InChI is InChI=1S/C29H32N6/c1-2-14-30-24(3-1)28-31-16-25(34-28)20-8-4-18(5-9-20)19-6-10-21(11-7-19)26-17-32-29(35-26)27-22-12-13-23(15-22)33-27/h4-11,16-17,22-24,27,30,33H,1-3,12-15H2,(H,31,34)(H,32,35)/t22-,23+,24?,27-/m0/s1. The number of hydrogen-bond acceptors (Lipinski definition) is 4. The molecule has 3 aliphatic rings. The zero-order chi connectivity index (χ0) is 23.2. The van der Waals surface area contributed by atoms with Gasteiger partial charge in [-0.15, -0.1) is 0 Å². The molecule has 2 bridgehead atoms. The van der Waals surface area contributed by atoms with E-state index >= 15 is 0 Å². The molecule has 2 aliphatic heterocycles. The Balaban J connectivity index is 1.05. The summed E-state index contributed by atoms with van der Waals surface area (Å²) in [6.45, 7) is 1.08. The summed E-state index contributed by atoms with van der Waals surface area (Å²) < 4.78 is 0. The minimum atomic E-state index is 0.353. The molecule has 178 valence electrons. The van der Waals surface area contributed by atoms with Gasteiger partial charge in [-0.2, -0.15) is 0 Å². The van der Waals surface area contributed by atoms with Gasteiger partial charge in [0.05, 0.1) is 35.9 Å². The molecule has 1 aliphatic carbocycles. The third-order valence-corrected chi connectivity index (χ3v) is 8.21. The van der Waals surface area contributed by atoms with E-state index in [1.165, 1.54) is 54.4 Å². The number of aromatic nitrogens is 4. The fourth-order valence-electron chi connectivity index (χ4n) is 6.23. The highest BCUT2D eigenvalue weighted by Crippen LogP contribution is 2.42. The van der Waals surface area contributed by atoms with Crippen LogP contribution in [-0.4, -0.2) is 32.5 Å². The van der Waals surface area contributed by atoms with Crippen LogP contribution in [0.25, 0.3) is 33.6 Å². The van der Waals surface area contributed by atoms with Crippen LogP contribution in [0, 0.1) is 5.92 Å². The molecule has 4 N–H and O–H groups in total. The number of nitrogens with one attached hydrogen (secondary N) is 4. The largest absolute Gasteiger partial charge is 0.341 e. The average molecular weight is 465 g/mol. The van der Waals surface area contributed by atoms with E-state index in [1.807, 2.05) is 12.4 Å². The van der Waals surface area contributed by atoms with Crippen molar-refractivity contribution < 1.29 is 0 Å². The van der Waals surface area contributed by atoms with E-state index in [0.29, 0.717) is 18.1 Å². The van der Waals surface area contributed by atoms with Gasteiger partial charge < -0.3 is 20.6 Å². The molecule has 0 amide bonds. The van der Waals surface area contributed by atoms with Crippen molar-refractivity contribution in [1.82, 2.24) is 30.6 Å². The van der Waals surface area contributed by atoms with Crippen LogP contribution in [0.4, 0.5) is 0 Å². The number of benzene rings is 2. The van der Waals surface area contributed by atoms with Crippen LogP contribution in [0.5, 0.6) is 0 Å². The monoisotopic (exact) mass is 464 g/mol. The molecule has 4 atom stereocenters. The normalized spacial score (nSPS) is 25.8. The molecule has 7 rings (SSSR count). The molecule has 1 saturated carbocycles. The molecule has 3 fully saturated rings. The molecule has 2 aromatic heterocycles. The topological polar surface area (TPSA) is 81.4 Å². The highest BCUT2D eigenvalue weighted by Gasteiger charge is 2.41. The number of imidazole rings is 2. The Bertz CT molecular complexity index is 1300. The predicted molar refractivity (Wildman–Crippen MR) is 139 cm³/mol. The molecular weight excluding hydrogens is 432 g/mol. The lowest BCUT2D eigenvalue weighted by Gasteiger charge is -2.21. The first-order valence-corrected chi connectivity index (χ1v) is 13.1. The molecule has 6 heteroatoms. The van der Waals surface area contributed by atoms with Crippen LogP contribution >= 0.6 is 0 Å². The van der Waals surface area contributed by atoms with Crippen LogP contribution in [-0.2, 0) is 0 Å². The smallest absolute Gasteiger partial charge is 0.124 e. The minimum absolute atomic E-state index is 0.353. The second-order valence-electron chi connectivity index (χ2n) is 10.4. The van der Waals surface area contributed by atoms with Gasteiger partial charge in [-0.3, -0.25) is 0 Å². The van der Waals surface area contributed by atoms with E-state index in [1.54, 1.807) is 0 Å². The molecule has 1 unspecified atom stereocenters. The van der Waals surface area contributed by atoms with Crippen molar-refractivity contribution in [3.63, 3.8) is 0 Å². The van der Waals surface area contributed by atoms with E-state index in [0.717, 1.165) is 41.9 Å². The maximum absolute atomic E-state index is 4.71. The molecule has 2 aromatic carbocycles. The summed E-state index contributed by atoms with van der Waals surface area (Å²) >= 11 is 0. The number of rotatable bonds is 5. The maximum atomic E-state index is 4.71. The van der Waals surface area contributed by atoms with Crippen molar-refractivity contribution in [1.29, 1.82) is 0 Å². The molecule has 0 spiro atoms. The predicted octanol–water partition coefficient (Wildman–Crippen LogP) is 5.76. The van der Waals surface area contributed by atoms with Crippen molar-refractivity contribution in [2.24, 2.45) is 5.92 Å². The van der Waals surface area contributed by atoms with Gasteiger partial charge in [0, 0.05) is 6.04 Å². The molecule has 4 heterocycles. The summed E-state index contributed by atoms with van der Waals surface area (Å²) in [4.78, 5) is 16.5. The first-order valence-electron chi connectivity index (χ1n) is 13.1. The summed E-state index contributed by atoms with van der Waals surface area (Å²) in [5.41, 5.74) is 6.94. The van der Waals surface area contributed by atoms with Crippen LogP contribution in [0.15, 0.2) is 60.9 Å². The van der Waals surface area contributed by atoms with Gasteiger partial charge >= 0.3 is 0 Å². The van der Waals surface area contributed by atoms with Crippen molar-refractivity contribution in [2.45, 2.75) is 56.7 Å². The summed E-state index contributed by atoms with van der Waals surface area (Å²) in [5.74, 6) is 2.88. The van der Waals surface area contributed by atoms with Crippen molar-refractivity contribution in [3.05, 3.63) is 72.6 Å². The van der Waals surface area contributed by atoms with Gasteiger partial charge in [-0.05, 0) is 66.8 Å². The Morgan fingerprint density at radius 2 is 1.29 bits per heavy atom. The Labute approximate surface area is 206 Å². The van der Waals surface area contributed by atoms with E-state index < -0.39 is 0 Å². The van der Waals surface area contributed by atoms with Crippen molar-refractivity contribution in [2.75, 3.05) is 6.54 Å². The van der Waals surface area contributed by atoms with Gasteiger partial charge in [0.1, 0.15) is 11.6 Å². The number of nitrogens with zero attached hydrogens (tertiary/aromatic N) is 2.